The Labute approximate surface area is 294 Å². The monoisotopic (exact) mass is 637 g/mol. The van der Waals surface area contributed by atoms with Crippen LogP contribution in [0.1, 0.15) is 22.3 Å². The minimum Gasteiger partial charge on any atom is -0.310 e. The van der Waals surface area contributed by atoms with Crippen molar-refractivity contribution in [1.82, 2.24) is 0 Å². The molecule has 0 amide bonds. The number of anilines is 3. The van der Waals surface area contributed by atoms with E-state index in [4.69, 9.17) is 0 Å². The number of nitrogens with zero attached hydrogens (tertiary/aromatic N) is 1. The molecule has 0 saturated heterocycles. The smallest absolute Gasteiger partial charge is 0.0713 e. The highest BCUT2D eigenvalue weighted by Crippen LogP contribution is 2.56. The molecule has 1 aliphatic rings. The van der Waals surface area contributed by atoms with Crippen molar-refractivity contribution < 1.29 is 0 Å². The molecule has 0 saturated carbocycles. The summed E-state index contributed by atoms with van der Waals surface area (Å²) in [5.74, 6) is 0. The van der Waals surface area contributed by atoms with Gasteiger partial charge in [0.05, 0.1) is 11.1 Å². The molecule has 8 aromatic carbocycles. The molecule has 0 atom stereocenters. The van der Waals surface area contributed by atoms with E-state index in [1.165, 1.54) is 55.6 Å². The van der Waals surface area contributed by atoms with Crippen LogP contribution in [0.4, 0.5) is 17.1 Å². The predicted octanol–water partition coefficient (Wildman–Crippen LogP) is 12.9. The quantitative estimate of drug-likeness (QED) is 0.168. The Balaban J connectivity index is 1.12. The highest BCUT2D eigenvalue weighted by molar-refractivity contribution is 5.89. The molecule has 8 aromatic rings. The molecule has 0 radical (unpaired) electrons. The van der Waals surface area contributed by atoms with E-state index in [-0.39, 0.29) is 5.41 Å². The average Bonchev–Trinajstić information content (AvgIpc) is 3.51. The minimum absolute atomic E-state index is 0.390. The first-order valence-electron chi connectivity index (χ1n) is 17.3. The van der Waals surface area contributed by atoms with Crippen LogP contribution >= 0.6 is 0 Å². The van der Waals surface area contributed by atoms with Gasteiger partial charge in [-0.2, -0.15) is 0 Å². The second-order valence-corrected chi connectivity index (χ2v) is 12.9. The lowest BCUT2D eigenvalue weighted by Crippen LogP contribution is -2.28. The zero-order valence-electron chi connectivity index (χ0n) is 27.7. The molecule has 0 unspecified atom stereocenters. The number of fused-ring (bicyclic) bond motifs is 3. The lowest BCUT2D eigenvalue weighted by atomic mass is 9.67. The molecule has 0 aromatic heterocycles. The van der Waals surface area contributed by atoms with Crippen molar-refractivity contribution in [3.8, 4) is 33.4 Å². The van der Waals surface area contributed by atoms with Crippen LogP contribution in [0.25, 0.3) is 33.4 Å². The van der Waals surface area contributed by atoms with Gasteiger partial charge in [0.25, 0.3) is 0 Å². The van der Waals surface area contributed by atoms with E-state index in [2.05, 4.69) is 217 Å². The minimum atomic E-state index is -0.390. The summed E-state index contributed by atoms with van der Waals surface area (Å²) in [4.78, 5) is 2.35. The second-order valence-electron chi connectivity index (χ2n) is 12.9. The van der Waals surface area contributed by atoms with E-state index in [1.807, 2.05) is 0 Å². The van der Waals surface area contributed by atoms with Crippen molar-refractivity contribution in [2.75, 3.05) is 4.90 Å². The van der Waals surface area contributed by atoms with Gasteiger partial charge in [0, 0.05) is 16.9 Å². The SMILES string of the molecule is c1ccc(-c2ccccc2N(c2ccccc2)c2ccc(-c3ccc(C4(c5ccccc5)c5ccccc5-c5ccccc54)cc3)cc2)cc1. The molecule has 0 fully saturated rings. The van der Waals surface area contributed by atoms with Crippen LogP contribution in [-0.4, -0.2) is 0 Å². The first-order valence-corrected chi connectivity index (χ1v) is 17.3. The summed E-state index contributed by atoms with van der Waals surface area (Å²) >= 11 is 0. The third kappa shape index (κ3) is 4.86. The maximum absolute atomic E-state index is 2.35. The number of rotatable bonds is 7. The molecule has 9 rings (SSSR count). The van der Waals surface area contributed by atoms with Gasteiger partial charge < -0.3 is 4.90 Å². The Hall–Kier alpha value is -6.44. The predicted molar refractivity (Wildman–Crippen MR) is 209 cm³/mol. The molecule has 236 valence electrons. The Morgan fingerprint density at radius 1 is 0.280 bits per heavy atom. The summed E-state index contributed by atoms with van der Waals surface area (Å²) in [7, 11) is 0. The molecule has 50 heavy (non-hydrogen) atoms. The lowest BCUT2D eigenvalue weighted by molar-refractivity contribution is 0.768. The van der Waals surface area contributed by atoms with Crippen LogP contribution in [0.3, 0.4) is 0 Å². The zero-order valence-corrected chi connectivity index (χ0v) is 27.7. The third-order valence-electron chi connectivity index (χ3n) is 10.2. The van der Waals surface area contributed by atoms with E-state index in [0.717, 1.165) is 17.1 Å². The molecule has 0 aliphatic heterocycles. The topological polar surface area (TPSA) is 3.24 Å². The van der Waals surface area contributed by atoms with Gasteiger partial charge in [-0.05, 0) is 80.4 Å². The van der Waals surface area contributed by atoms with E-state index in [1.54, 1.807) is 0 Å². The first-order chi connectivity index (χ1) is 24.8. The average molecular weight is 638 g/mol. The standard InChI is InChI=1S/C49H35N/c1-4-16-38(17-5-1)43-22-12-15-27-48(43)50(41-20-8-3-9-21-41)42-34-30-37(31-35-42)36-28-32-40(33-29-36)49(39-18-6-2-7-19-39)46-25-13-10-23-44(46)45-24-11-14-26-47(45)49/h1-35H. The van der Waals surface area contributed by atoms with Gasteiger partial charge in [-0.25, -0.2) is 0 Å². The van der Waals surface area contributed by atoms with Crippen LogP contribution in [0.2, 0.25) is 0 Å². The molecular formula is C49H35N. The molecule has 1 aliphatic carbocycles. The van der Waals surface area contributed by atoms with Crippen molar-refractivity contribution in [3.05, 3.63) is 235 Å². The van der Waals surface area contributed by atoms with Gasteiger partial charge in [-0.3, -0.25) is 0 Å². The molecule has 0 N–H and O–H groups in total. The molecule has 0 heterocycles. The summed E-state index contributed by atoms with van der Waals surface area (Å²) in [5.41, 5.74) is 15.6. The molecule has 1 heteroatoms. The van der Waals surface area contributed by atoms with Crippen LogP contribution in [0.5, 0.6) is 0 Å². The van der Waals surface area contributed by atoms with E-state index in [0.29, 0.717) is 0 Å². The Morgan fingerprint density at radius 3 is 1.30 bits per heavy atom. The highest BCUT2D eigenvalue weighted by atomic mass is 15.1. The fourth-order valence-corrected chi connectivity index (χ4v) is 7.96. The molecule has 0 bridgehead atoms. The fraction of sp³-hybridized carbons (Fsp3) is 0.0204. The van der Waals surface area contributed by atoms with Crippen LogP contribution in [0.15, 0.2) is 212 Å². The molecule has 1 nitrogen and oxygen atoms in total. The van der Waals surface area contributed by atoms with Crippen molar-refractivity contribution in [1.29, 1.82) is 0 Å². The first kappa shape index (κ1) is 29.7. The Bertz CT molecular complexity index is 2350. The van der Waals surface area contributed by atoms with Gasteiger partial charge >= 0.3 is 0 Å². The van der Waals surface area contributed by atoms with E-state index < -0.39 is 0 Å². The van der Waals surface area contributed by atoms with Crippen molar-refractivity contribution in [2.24, 2.45) is 0 Å². The van der Waals surface area contributed by atoms with Crippen LogP contribution in [0, 0.1) is 0 Å². The van der Waals surface area contributed by atoms with Gasteiger partial charge in [0.2, 0.25) is 0 Å². The largest absolute Gasteiger partial charge is 0.310 e. The van der Waals surface area contributed by atoms with Crippen molar-refractivity contribution in [3.63, 3.8) is 0 Å². The summed E-state index contributed by atoms with van der Waals surface area (Å²) in [6.45, 7) is 0. The molecule has 0 spiro atoms. The van der Waals surface area contributed by atoms with E-state index in [9.17, 15) is 0 Å². The maximum Gasteiger partial charge on any atom is 0.0713 e. The van der Waals surface area contributed by atoms with Crippen LogP contribution < -0.4 is 4.90 Å². The Morgan fingerprint density at radius 2 is 0.700 bits per heavy atom. The van der Waals surface area contributed by atoms with Gasteiger partial charge in [0.1, 0.15) is 0 Å². The lowest BCUT2D eigenvalue weighted by Gasteiger charge is -2.34. The molecular weight excluding hydrogens is 603 g/mol. The third-order valence-corrected chi connectivity index (χ3v) is 10.2. The van der Waals surface area contributed by atoms with Gasteiger partial charge in [-0.1, -0.05) is 182 Å². The summed E-state index contributed by atoms with van der Waals surface area (Å²) in [6.07, 6.45) is 0. The van der Waals surface area contributed by atoms with Gasteiger partial charge in [0.15, 0.2) is 0 Å². The number of hydrogen-bond donors (Lipinski definition) is 0. The number of para-hydroxylation sites is 2. The zero-order chi connectivity index (χ0) is 33.3. The summed E-state index contributed by atoms with van der Waals surface area (Å²) < 4.78 is 0. The normalized spacial score (nSPS) is 12.6. The van der Waals surface area contributed by atoms with Crippen LogP contribution in [-0.2, 0) is 5.41 Å². The van der Waals surface area contributed by atoms with Crippen molar-refractivity contribution in [2.45, 2.75) is 5.41 Å². The Kier molecular flexibility index (Phi) is 7.44. The van der Waals surface area contributed by atoms with Crippen molar-refractivity contribution >= 4 is 17.1 Å². The summed E-state index contributed by atoms with van der Waals surface area (Å²) in [6, 6.07) is 77.0. The van der Waals surface area contributed by atoms with E-state index >= 15 is 0 Å². The second kappa shape index (κ2) is 12.5. The summed E-state index contributed by atoms with van der Waals surface area (Å²) in [5, 5.41) is 0. The highest BCUT2D eigenvalue weighted by Gasteiger charge is 2.45. The fourth-order valence-electron chi connectivity index (χ4n) is 7.96. The maximum atomic E-state index is 2.35. The van der Waals surface area contributed by atoms with Gasteiger partial charge in [-0.15, -0.1) is 0 Å². The number of benzene rings is 8. The number of hydrogen-bond acceptors (Lipinski definition) is 1.